The number of anilines is 1. The molecule has 0 aliphatic heterocycles. The van der Waals surface area contributed by atoms with Crippen LogP contribution in [0, 0.1) is 0 Å². The molecule has 3 aromatic carbocycles. The van der Waals surface area contributed by atoms with Crippen LogP contribution in [-0.2, 0) is 16.4 Å². The van der Waals surface area contributed by atoms with Gasteiger partial charge < -0.3 is 19.5 Å². The number of ether oxygens (including phenoxy) is 3. The van der Waals surface area contributed by atoms with Crippen molar-refractivity contribution in [3.8, 4) is 23.0 Å². The van der Waals surface area contributed by atoms with E-state index in [0.29, 0.717) is 23.9 Å². The molecular formula is C23H23N3O5S. The van der Waals surface area contributed by atoms with Crippen LogP contribution in [0.3, 0.4) is 0 Å². The number of aromatic nitrogens is 2. The van der Waals surface area contributed by atoms with Gasteiger partial charge in [0.25, 0.3) is 0 Å². The molecule has 0 spiro atoms. The molecule has 0 saturated heterocycles. The molecule has 8 nitrogen and oxygen atoms in total. The van der Waals surface area contributed by atoms with Crippen molar-refractivity contribution >= 4 is 26.6 Å². The van der Waals surface area contributed by atoms with Crippen molar-refractivity contribution in [2.24, 2.45) is 0 Å². The highest BCUT2D eigenvalue weighted by molar-refractivity contribution is 7.90. The minimum atomic E-state index is -3.27. The van der Waals surface area contributed by atoms with E-state index in [0.717, 1.165) is 28.0 Å². The molecular weight excluding hydrogens is 430 g/mol. The van der Waals surface area contributed by atoms with Crippen LogP contribution in [0.15, 0.2) is 65.6 Å². The lowest BCUT2D eigenvalue weighted by atomic mass is 10.1. The highest BCUT2D eigenvalue weighted by atomic mass is 32.2. The third-order valence-electron chi connectivity index (χ3n) is 4.96. The number of rotatable bonds is 8. The van der Waals surface area contributed by atoms with Crippen molar-refractivity contribution in [3.05, 3.63) is 66.2 Å². The Kier molecular flexibility index (Phi) is 5.91. The molecule has 0 radical (unpaired) electrons. The van der Waals surface area contributed by atoms with Gasteiger partial charge in [-0.3, -0.25) is 5.10 Å². The van der Waals surface area contributed by atoms with E-state index in [1.165, 1.54) is 18.4 Å². The first kappa shape index (κ1) is 21.5. The SMILES string of the molecule is COc1ccc(OC)c(CNc2n[nH]c3cccc(Oc4ccc(S(C)(=O)=O)cc4)c23)c1. The summed E-state index contributed by atoms with van der Waals surface area (Å²) in [4.78, 5) is 0.237. The Balaban J connectivity index is 1.61. The van der Waals surface area contributed by atoms with Crippen molar-refractivity contribution in [2.45, 2.75) is 11.4 Å². The van der Waals surface area contributed by atoms with Crippen molar-refractivity contribution in [3.63, 3.8) is 0 Å². The summed E-state index contributed by atoms with van der Waals surface area (Å²) in [5.41, 5.74) is 1.72. The molecule has 0 aliphatic rings. The molecule has 0 atom stereocenters. The van der Waals surface area contributed by atoms with E-state index in [9.17, 15) is 8.42 Å². The van der Waals surface area contributed by atoms with Crippen LogP contribution in [-0.4, -0.2) is 39.1 Å². The van der Waals surface area contributed by atoms with Crippen molar-refractivity contribution in [2.75, 3.05) is 25.8 Å². The molecule has 4 rings (SSSR count). The third-order valence-corrected chi connectivity index (χ3v) is 6.09. The van der Waals surface area contributed by atoms with E-state index in [1.807, 2.05) is 36.4 Å². The molecule has 1 aromatic heterocycles. The molecule has 0 fully saturated rings. The molecule has 0 aliphatic carbocycles. The molecule has 166 valence electrons. The van der Waals surface area contributed by atoms with Gasteiger partial charge in [-0.2, -0.15) is 5.10 Å². The number of H-pyrrole nitrogens is 1. The maximum atomic E-state index is 11.7. The van der Waals surface area contributed by atoms with Crippen LogP contribution in [0.2, 0.25) is 0 Å². The second kappa shape index (κ2) is 8.80. The fourth-order valence-corrected chi connectivity index (χ4v) is 3.96. The number of benzene rings is 3. The number of hydrogen-bond acceptors (Lipinski definition) is 7. The second-order valence-electron chi connectivity index (χ2n) is 7.13. The molecule has 4 aromatic rings. The predicted molar refractivity (Wildman–Crippen MR) is 123 cm³/mol. The van der Waals surface area contributed by atoms with Gasteiger partial charge in [0.2, 0.25) is 0 Å². The second-order valence-corrected chi connectivity index (χ2v) is 9.14. The smallest absolute Gasteiger partial charge is 0.175 e. The summed E-state index contributed by atoms with van der Waals surface area (Å²) in [7, 11) is -0.0305. The van der Waals surface area contributed by atoms with Gasteiger partial charge in [0.15, 0.2) is 15.7 Å². The van der Waals surface area contributed by atoms with E-state index < -0.39 is 9.84 Å². The first-order valence-corrected chi connectivity index (χ1v) is 11.7. The summed E-state index contributed by atoms with van der Waals surface area (Å²) < 4.78 is 40.2. The Morgan fingerprint density at radius 1 is 0.938 bits per heavy atom. The molecule has 0 amide bonds. The third kappa shape index (κ3) is 4.47. The Hall–Kier alpha value is -3.72. The Morgan fingerprint density at radius 2 is 1.69 bits per heavy atom. The van der Waals surface area contributed by atoms with Crippen LogP contribution in [0.5, 0.6) is 23.0 Å². The van der Waals surface area contributed by atoms with Gasteiger partial charge in [0.05, 0.1) is 30.0 Å². The van der Waals surface area contributed by atoms with E-state index in [2.05, 4.69) is 15.5 Å². The van der Waals surface area contributed by atoms with Crippen molar-refractivity contribution in [1.29, 1.82) is 0 Å². The van der Waals surface area contributed by atoms with Gasteiger partial charge in [0, 0.05) is 18.4 Å². The first-order valence-electron chi connectivity index (χ1n) is 9.79. The number of sulfone groups is 1. The lowest BCUT2D eigenvalue weighted by molar-refractivity contribution is 0.399. The molecule has 9 heteroatoms. The zero-order chi connectivity index (χ0) is 22.7. The van der Waals surface area contributed by atoms with Crippen LogP contribution < -0.4 is 19.5 Å². The molecule has 0 saturated carbocycles. The van der Waals surface area contributed by atoms with Crippen LogP contribution >= 0.6 is 0 Å². The number of aromatic amines is 1. The summed E-state index contributed by atoms with van der Waals surface area (Å²) >= 11 is 0. The minimum absolute atomic E-state index is 0.237. The van der Waals surface area contributed by atoms with Crippen molar-refractivity contribution < 1.29 is 22.6 Å². The quantitative estimate of drug-likeness (QED) is 0.408. The zero-order valence-corrected chi connectivity index (χ0v) is 18.7. The normalized spacial score (nSPS) is 11.3. The number of methoxy groups -OCH3 is 2. The maximum Gasteiger partial charge on any atom is 0.175 e. The average molecular weight is 454 g/mol. The summed E-state index contributed by atoms with van der Waals surface area (Å²) in [6.07, 6.45) is 1.17. The topological polar surface area (TPSA) is 103 Å². The van der Waals surface area contributed by atoms with Gasteiger partial charge in [0.1, 0.15) is 23.0 Å². The summed E-state index contributed by atoms with van der Waals surface area (Å²) in [5, 5.41) is 11.5. The van der Waals surface area contributed by atoms with Gasteiger partial charge in [-0.25, -0.2) is 8.42 Å². The maximum absolute atomic E-state index is 11.7. The number of fused-ring (bicyclic) bond motifs is 1. The standard InChI is InChI=1S/C23H23N3O5S/c1-29-17-9-12-20(30-2)15(13-17)14-24-23-22-19(25-26-23)5-4-6-21(22)31-16-7-10-18(11-8-16)32(3,27)28/h4-13H,14H2,1-3H3,(H2,24,25,26). The predicted octanol–water partition coefficient (Wildman–Crippen LogP) is 4.39. The largest absolute Gasteiger partial charge is 0.497 e. The van der Waals surface area contributed by atoms with E-state index in [-0.39, 0.29) is 4.90 Å². The zero-order valence-electron chi connectivity index (χ0n) is 17.9. The monoisotopic (exact) mass is 453 g/mol. The molecule has 0 unspecified atom stereocenters. The Morgan fingerprint density at radius 3 is 2.38 bits per heavy atom. The molecule has 2 N–H and O–H groups in total. The Labute approximate surface area is 186 Å². The van der Waals surface area contributed by atoms with E-state index in [4.69, 9.17) is 14.2 Å². The first-order chi connectivity index (χ1) is 15.4. The van der Waals surface area contributed by atoms with Gasteiger partial charge in [-0.1, -0.05) is 6.07 Å². The van der Waals surface area contributed by atoms with Crippen LogP contribution in [0.4, 0.5) is 5.82 Å². The van der Waals surface area contributed by atoms with Crippen LogP contribution in [0.25, 0.3) is 10.9 Å². The highest BCUT2D eigenvalue weighted by Gasteiger charge is 2.14. The lowest BCUT2D eigenvalue weighted by Gasteiger charge is -2.12. The summed E-state index contributed by atoms with van der Waals surface area (Å²) in [5.74, 6) is 3.19. The fraction of sp³-hybridized carbons (Fsp3) is 0.174. The Bertz CT molecular complexity index is 1350. The van der Waals surface area contributed by atoms with Crippen molar-refractivity contribution in [1.82, 2.24) is 10.2 Å². The average Bonchev–Trinajstić information content (AvgIpc) is 3.21. The lowest BCUT2D eigenvalue weighted by Crippen LogP contribution is -2.03. The molecule has 0 bridgehead atoms. The summed E-state index contributed by atoms with van der Waals surface area (Å²) in [6.45, 7) is 0.456. The van der Waals surface area contributed by atoms with E-state index in [1.54, 1.807) is 26.4 Å². The number of nitrogens with one attached hydrogen (secondary N) is 2. The minimum Gasteiger partial charge on any atom is -0.497 e. The molecule has 32 heavy (non-hydrogen) atoms. The fourth-order valence-electron chi connectivity index (χ4n) is 3.33. The van der Waals surface area contributed by atoms with E-state index >= 15 is 0 Å². The van der Waals surface area contributed by atoms with Crippen LogP contribution in [0.1, 0.15) is 5.56 Å². The summed E-state index contributed by atoms with van der Waals surface area (Å²) in [6, 6.07) is 17.5. The van der Waals surface area contributed by atoms with Gasteiger partial charge in [-0.05, 0) is 54.6 Å². The highest BCUT2D eigenvalue weighted by Crippen LogP contribution is 2.35. The number of hydrogen-bond donors (Lipinski definition) is 2. The number of nitrogens with zero attached hydrogens (tertiary/aromatic N) is 1. The molecule has 1 heterocycles. The van der Waals surface area contributed by atoms with Gasteiger partial charge in [-0.15, -0.1) is 0 Å². The van der Waals surface area contributed by atoms with Gasteiger partial charge >= 0.3 is 0 Å².